The highest BCUT2D eigenvalue weighted by atomic mass is 35.5. The second kappa shape index (κ2) is 6.41. The molecule has 6 heteroatoms. The van der Waals surface area contributed by atoms with Crippen molar-refractivity contribution >= 4 is 34.3 Å². The SMILES string of the molecule is Nc1ccccc1C(=O)N1CCC(c2nc3cc(Cl)ccc3o2)CC1. The third kappa shape index (κ3) is 3.07. The Morgan fingerprint density at radius 1 is 1.20 bits per heavy atom. The maximum absolute atomic E-state index is 12.6. The van der Waals surface area contributed by atoms with Crippen LogP contribution in [0.15, 0.2) is 46.9 Å². The lowest BCUT2D eigenvalue weighted by atomic mass is 9.96. The summed E-state index contributed by atoms with van der Waals surface area (Å²) < 4.78 is 5.87. The van der Waals surface area contributed by atoms with Crippen LogP contribution in [0.3, 0.4) is 0 Å². The molecule has 4 rings (SSSR count). The van der Waals surface area contributed by atoms with Crippen LogP contribution in [-0.2, 0) is 0 Å². The van der Waals surface area contributed by atoms with Crippen molar-refractivity contribution < 1.29 is 9.21 Å². The number of oxazole rings is 1. The monoisotopic (exact) mass is 355 g/mol. The molecule has 0 aliphatic carbocycles. The molecule has 1 fully saturated rings. The van der Waals surface area contributed by atoms with E-state index in [1.165, 1.54) is 0 Å². The first-order chi connectivity index (χ1) is 12.1. The summed E-state index contributed by atoms with van der Waals surface area (Å²) in [7, 11) is 0. The van der Waals surface area contributed by atoms with Crippen molar-refractivity contribution in [1.82, 2.24) is 9.88 Å². The number of hydrogen-bond donors (Lipinski definition) is 1. The van der Waals surface area contributed by atoms with Crippen molar-refractivity contribution in [3.63, 3.8) is 0 Å². The van der Waals surface area contributed by atoms with Gasteiger partial charge in [-0.3, -0.25) is 4.79 Å². The highest BCUT2D eigenvalue weighted by Crippen LogP contribution is 2.31. The number of nitrogens with zero attached hydrogens (tertiary/aromatic N) is 2. The van der Waals surface area contributed by atoms with Crippen LogP contribution in [-0.4, -0.2) is 28.9 Å². The van der Waals surface area contributed by atoms with E-state index in [9.17, 15) is 4.79 Å². The molecule has 1 aliphatic rings. The van der Waals surface area contributed by atoms with Crippen molar-refractivity contribution in [3.8, 4) is 0 Å². The van der Waals surface area contributed by atoms with E-state index in [4.69, 9.17) is 21.8 Å². The van der Waals surface area contributed by atoms with E-state index in [1.807, 2.05) is 23.1 Å². The van der Waals surface area contributed by atoms with Crippen LogP contribution in [0.5, 0.6) is 0 Å². The average Bonchev–Trinajstić information content (AvgIpc) is 3.05. The number of anilines is 1. The number of likely N-dealkylation sites (tertiary alicyclic amines) is 1. The van der Waals surface area contributed by atoms with Crippen molar-refractivity contribution in [3.05, 3.63) is 58.9 Å². The summed E-state index contributed by atoms with van der Waals surface area (Å²) in [5.41, 5.74) is 8.53. The van der Waals surface area contributed by atoms with E-state index in [0.717, 1.165) is 29.8 Å². The molecular formula is C19H18ClN3O2. The number of nitrogens with two attached hydrogens (primary N) is 1. The van der Waals surface area contributed by atoms with Gasteiger partial charge in [-0.15, -0.1) is 0 Å². The molecular weight excluding hydrogens is 338 g/mol. The van der Waals surface area contributed by atoms with E-state index < -0.39 is 0 Å². The zero-order valence-corrected chi connectivity index (χ0v) is 14.4. The molecule has 2 N–H and O–H groups in total. The molecule has 1 amide bonds. The van der Waals surface area contributed by atoms with Crippen LogP contribution in [0.1, 0.15) is 35.0 Å². The van der Waals surface area contributed by atoms with Gasteiger partial charge in [0.15, 0.2) is 11.5 Å². The molecule has 0 bridgehead atoms. The first-order valence-electron chi connectivity index (χ1n) is 8.31. The molecule has 5 nitrogen and oxygen atoms in total. The first-order valence-corrected chi connectivity index (χ1v) is 8.69. The maximum Gasteiger partial charge on any atom is 0.255 e. The molecule has 2 heterocycles. The third-order valence-corrected chi connectivity index (χ3v) is 4.92. The standard InChI is InChI=1S/C19H18ClN3O2/c20-13-5-6-17-16(11-13)22-18(25-17)12-7-9-23(10-8-12)19(24)14-3-1-2-4-15(14)21/h1-6,11-12H,7-10,21H2. The molecule has 2 aromatic carbocycles. The number of benzene rings is 2. The predicted molar refractivity (Wildman–Crippen MR) is 97.8 cm³/mol. The largest absolute Gasteiger partial charge is 0.440 e. The lowest BCUT2D eigenvalue weighted by Crippen LogP contribution is -2.38. The molecule has 1 saturated heterocycles. The third-order valence-electron chi connectivity index (χ3n) is 4.69. The molecule has 25 heavy (non-hydrogen) atoms. The summed E-state index contributed by atoms with van der Waals surface area (Å²) in [5, 5.41) is 0.646. The summed E-state index contributed by atoms with van der Waals surface area (Å²) in [4.78, 5) is 19.0. The summed E-state index contributed by atoms with van der Waals surface area (Å²) >= 11 is 6.00. The van der Waals surface area contributed by atoms with Crippen LogP contribution in [0.4, 0.5) is 5.69 Å². The van der Waals surface area contributed by atoms with Gasteiger partial charge in [0.05, 0.1) is 5.56 Å². The Morgan fingerprint density at radius 3 is 2.72 bits per heavy atom. The second-order valence-electron chi connectivity index (χ2n) is 6.32. The predicted octanol–water partition coefficient (Wildman–Crippen LogP) is 4.08. The van der Waals surface area contributed by atoms with Crippen LogP contribution in [0.2, 0.25) is 5.02 Å². The average molecular weight is 356 g/mol. The molecule has 0 saturated carbocycles. The molecule has 128 valence electrons. The fraction of sp³-hybridized carbons (Fsp3) is 0.263. The van der Waals surface area contributed by atoms with Gasteiger partial charge >= 0.3 is 0 Å². The number of carbonyl (C=O) groups excluding carboxylic acids is 1. The zero-order valence-electron chi connectivity index (χ0n) is 13.6. The maximum atomic E-state index is 12.6. The van der Waals surface area contributed by atoms with E-state index in [2.05, 4.69) is 4.98 Å². The Hall–Kier alpha value is -2.53. The molecule has 1 aromatic heterocycles. The minimum absolute atomic E-state index is 0.0131. The van der Waals surface area contributed by atoms with Crippen molar-refractivity contribution in [1.29, 1.82) is 0 Å². The van der Waals surface area contributed by atoms with Crippen molar-refractivity contribution in [2.75, 3.05) is 18.8 Å². The van der Waals surface area contributed by atoms with E-state index in [-0.39, 0.29) is 11.8 Å². The molecule has 0 unspecified atom stereocenters. The Balaban J connectivity index is 1.47. The number of hydrogen-bond acceptors (Lipinski definition) is 4. The Labute approximate surface area is 150 Å². The van der Waals surface area contributed by atoms with Crippen LogP contribution >= 0.6 is 11.6 Å². The molecule has 0 radical (unpaired) electrons. The zero-order chi connectivity index (χ0) is 17.4. The molecule has 0 atom stereocenters. The van der Waals surface area contributed by atoms with Gasteiger partial charge in [0.1, 0.15) is 5.52 Å². The normalized spacial score (nSPS) is 15.6. The minimum Gasteiger partial charge on any atom is -0.440 e. The number of halogens is 1. The number of para-hydroxylation sites is 1. The molecule has 1 aliphatic heterocycles. The van der Waals surface area contributed by atoms with Gasteiger partial charge in [0.2, 0.25) is 0 Å². The lowest BCUT2D eigenvalue weighted by Gasteiger charge is -2.31. The van der Waals surface area contributed by atoms with Gasteiger partial charge in [0, 0.05) is 29.7 Å². The molecule has 0 spiro atoms. The quantitative estimate of drug-likeness (QED) is 0.703. The lowest BCUT2D eigenvalue weighted by molar-refractivity contribution is 0.0708. The fourth-order valence-corrected chi connectivity index (χ4v) is 3.45. The number of piperidine rings is 1. The van der Waals surface area contributed by atoms with Gasteiger partial charge in [-0.2, -0.15) is 0 Å². The highest BCUT2D eigenvalue weighted by molar-refractivity contribution is 6.31. The minimum atomic E-state index is -0.0131. The number of nitrogen functional groups attached to an aromatic ring is 1. The van der Waals surface area contributed by atoms with Crippen molar-refractivity contribution in [2.24, 2.45) is 0 Å². The van der Waals surface area contributed by atoms with E-state index in [0.29, 0.717) is 29.4 Å². The van der Waals surface area contributed by atoms with Gasteiger partial charge in [-0.1, -0.05) is 23.7 Å². The van der Waals surface area contributed by atoms with Gasteiger partial charge in [0.25, 0.3) is 5.91 Å². The molecule has 3 aromatic rings. The van der Waals surface area contributed by atoms with E-state index in [1.54, 1.807) is 24.3 Å². The number of rotatable bonds is 2. The number of aromatic nitrogens is 1. The van der Waals surface area contributed by atoms with Gasteiger partial charge in [-0.25, -0.2) is 4.98 Å². The summed E-state index contributed by atoms with van der Waals surface area (Å²) in [6.07, 6.45) is 1.64. The number of carbonyl (C=O) groups is 1. The van der Waals surface area contributed by atoms with Crippen LogP contribution in [0.25, 0.3) is 11.1 Å². The Morgan fingerprint density at radius 2 is 1.96 bits per heavy atom. The van der Waals surface area contributed by atoms with Gasteiger partial charge < -0.3 is 15.1 Å². The first kappa shape index (κ1) is 16.0. The van der Waals surface area contributed by atoms with Gasteiger partial charge in [-0.05, 0) is 43.2 Å². The van der Waals surface area contributed by atoms with E-state index >= 15 is 0 Å². The summed E-state index contributed by atoms with van der Waals surface area (Å²) in [5.74, 6) is 0.924. The topological polar surface area (TPSA) is 72.4 Å². The van der Waals surface area contributed by atoms with Crippen molar-refractivity contribution in [2.45, 2.75) is 18.8 Å². The number of amides is 1. The second-order valence-corrected chi connectivity index (χ2v) is 6.75. The van der Waals surface area contributed by atoms with Crippen LogP contribution in [0, 0.1) is 0 Å². The van der Waals surface area contributed by atoms with Crippen LogP contribution < -0.4 is 5.73 Å². The summed E-state index contributed by atoms with van der Waals surface area (Å²) in [6, 6.07) is 12.6. The smallest absolute Gasteiger partial charge is 0.255 e. The highest BCUT2D eigenvalue weighted by Gasteiger charge is 2.28. The number of fused-ring (bicyclic) bond motifs is 1. The Bertz CT molecular complexity index is 929. The Kier molecular flexibility index (Phi) is 4.09. The summed E-state index contributed by atoms with van der Waals surface area (Å²) in [6.45, 7) is 1.33. The fourth-order valence-electron chi connectivity index (χ4n) is 3.28.